The maximum atomic E-state index is 12.4. The Kier molecular flexibility index (Phi) is 6.97. The first kappa shape index (κ1) is 18.2. The molecule has 0 amide bonds. The summed E-state index contributed by atoms with van der Waals surface area (Å²) in [5.74, 6) is 0.803. The Bertz CT molecular complexity index is 710. The number of ether oxygens (including phenoxy) is 2. The highest BCUT2D eigenvalue weighted by molar-refractivity contribution is 5.89. The van der Waals surface area contributed by atoms with Crippen molar-refractivity contribution in [1.82, 2.24) is 4.98 Å². The van der Waals surface area contributed by atoms with Gasteiger partial charge in [-0.3, -0.25) is 4.79 Å². The van der Waals surface area contributed by atoms with Crippen molar-refractivity contribution in [3.63, 3.8) is 0 Å². The molecule has 5 nitrogen and oxygen atoms in total. The van der Waals surface area contributed by atoms with Crippen LogP contribution in [0.3, 0.4) is 0 Å². The number of H-pyrrole nitrogens is 1. The lowest BCUT2D eigenvalue weighted by atomic mass is 10.1. The molecule has 5 heteroatoms. The Balaban J connectivity index is 2.28. The molecule has 132 valence electrons. The van der Waals surface area contributed by atoms with Gasteiger partial charge in [0.2, 0.25) is 5.75 Å². The molecule has 1 aromatic heterocycles. The quantitative estimate of drug-likeness (QED) is 0.504. The zero-order valence-corrected chi connectivity index (χ0v) is 14.7. The zero-order chi connectivity index (χ0) is 17.4. The SMILES string of the molecule is CCCCCCOc1c(OCCCC)c2ccc(N)cc2[nH]c1=O. The normalized spacial score (nSPS) is 10.9. The third-order valence-electron chi connectivity index (χ3n) is 3.94. The summed E-state index contributed by atoms with van der Waals surface area (Å²) in [5, 5.41) is 0.823. The molecule has 1 heterocycles. The number of anilines is 1. The predicted molar refractivity (Wildman–Crippen MR) is 99.0 cm³/mol. The van der Waals surface area contributed by atoms with E-state index in [0.29, 0.717) is 30.2 Å². The van der Waals surface area contributed by atoms with Crippen LogP contribution in [0.25, 0.3) is 10.9 Å². The summed E-state index contributed by atoms with van der Waals surface area (Å²) < 4.78 is 11.7. The van der Waals surface area contributed by atoms with Crippen molar-refractivity contribution in [2.75, 3.05) is 18.9 Å². The van der Waals surface area contributed by atoms with Gasteiger partial charge in [-0.1, -0.05) is 39.5 Å². The molecule has 0 spiro atoms. The number of rotatable bonds is 10. The van der Waals surface area contributed by atoms with Gasteiger partial charge in [0.25, 0.3) is 5.56 Å². The fourth-order valence-electron chi connectivity index (χ4n) is 2.56. The number of benzene rings is 1. The van der Waals surface area contributed by atoms with Crippen molar-refractivity contribution in [2.45, 2.75) is 52.4 Å². The monoisotopic (exact) mass is 332 g/mol. The van der Waals surface area contributed by atoms with E-state index in [1.54, 1.807) is 12.1 Å². The Morgan fingerprint density at radius 2 is 1.67 bits per heavy atom. The number of unbranched alkanes of at least 4 members (excludes halogenated alkanes) is 4. The highest BCUT2D eigenvalue weighted by Crippen LogP contribution is 2.32. The maximum absolute atomic E-state index is 12.4. The summed E-state index contributed by atoms with van der Waals surface area (Å²) in [5.41, 5.74) is 6.82. The largest absolute Gasteiger partial charge is 0.489 e. The molecule has 0 atom stereocenters. The van der Waals surface area contributed by atoms with E-state index in [1.165, 1.54) is 12.8 Å². The number of pyridine rings is 1. The Morgan fingerprint density at radius 3 is 2.42 bits per heavy atom. The lowest BCUT2D eigenvalue weighted by Crippen LogP contribution is -2.15. The zero-order valence-electron chi connectivity index (χ0n) is 14.7. The lowest BCUT2D eigenvalue weighted by Gasteiger charge is -2.14. The highest BCUT2D eigenvalue weighted by atomic mass is 16.5. The summed E-state index contributed by atoms with van der Waals surface area (Å²) in [6, 6.07) is 5.42. The van der Waals surface area contributed by atoms with Crippen LogP contribution in [-0.2, 0) is 0 Å². The number of hydrogen-bond donors (Lipinski definition) is 2. The van der Waals surface area contributed by atoms with Crippen molar-refractivity contribution in [1.29, 1.82) is 0 Å². The summed E-state index contributed by atoms with van der Waals surface area (Å²) in [7, 11) is 0. The van der Waals surface area contributed by atoms with E-state index in [9.17, 15) is 4.79 Å². The standard InChI is InChI=1S/C19H28N2O3/c1-3-5-7-8-12-24-18-17(23-11-6-4-2)15-10-9-14(20)13-16(15)21-19(18)22/h9-10,13H,3-8,11-12,20H2,1-2H3,(H,21,22). The predicted octanol–water partition coefficient (Wildman–Crippen LogP) is 4.25. The molecule has 2 rings (SSSR count). The van der Waals surface area contributed by atoms with Crippen LogP contribution in [-0.4, -0.2) is 18.2 Å². The molecule has 1 aromatic carbocycles. The van der Waals surface area contributed by atoms with Gasteiger partial charge in [-0.15, -0.1) is 0 Å². The van der Waals surface area contributed by atoms with Gasteiger partial charge < -0.3 is 20.2 Å². The van der Waals surface area contributed by atoms with Crippen LogP contribution >= 0.6 is 0 Å². The number of aromatic nitrogens is 1. The average molecular weight is 332 g/mol. The third kappa shape index (κ3) is 4.66. The molecule has 0 unspecified atom stereocenters. The van der Waals surface area contributed by atoms with E-state index in [1.807, 2.05) is 6.07 Å². The van der Waals surface area contributed by atoms with Crippen LogP contribution in [0.1, 0.15) is 52.4 Å². The van der Waals surface area contributed by atoms with Crippen molar-refractivity contribution >= 4 is 16.6 Å². The van der Waals surface area contributed by atoms with Crippen LogP contribution in [0, 0.1) is 0 Å². The van der Waals surface area contributed by atoms with Gasteiger partial charge >= 0.3 is 0 Å². The number of nitrogens with one attached hydrogen (secondary N) is 1. The number of fused-ring (bicyclic) bond motifs is 1. The number of aromatic amines is 1. The van der Waals surface area contributed by atoms with Gasteiger partial charge in [-0.05, 0) is 31.0 Å². The molecule has 3 N–H and O–H groups in total. The van der Waals surface area contributed by atoms with Crippen LogP contribution in [0.5, 0.6) is 11.5 Å². The van der Waals surface area contributed by atoms with Gasteiger partial charge in [0.15, 0.2) is 5.75 Å². The summed E-state index contributed by atoms with van der Waals surface area (Å²) in [4.78, 5) is 15.3. The lowest BCUT2D eigenvalue weighted by molar-refractivity contribution is 0.260. The molecular weight excluding hydrogens is 304 g/mol. The van der Waals surface area contributed by atoms with Gasteiger partial charge in [-0.25, -0.2) is 0 Å². The Morgan fingerprint density at radius 1 is 0.958 bits per heavy atom. The number of nitrogens with two attached hydrogens (primary N) is 1. The molecule has 0 saturated heterocycles. The van der Waals surface area contributed by atoms with Gasteiger partial charge in [0.1, 0.15) is 0 Å². The van der Waals surface area contributed by atoms with Gasteiger partial charge in [0, 0.05) is 11.1 Å². The molecule has 0 saturated carbocycles. The molecule has 24 heavy (non-hydrogen) atoms. The van der Waals surface area contributed by atoms with Crippen molar-refractivity contribution < 1.29 is 9.47 Å². The van der Waals surface area contributed by atoms with E-state index < -0.39 is 0 Å². The third-order valence-corrected chi connectivity index (χ3v) is 3.94. The average Bonchev–Trinajstić information content (AvgIpc) is 2.56. The second kappa shape index (κ2) is 9.21. The van der Waals surface area contributed by atoms with Crippen molar-refractivity contribution in [2.24, 2.45) is 0 Å². The van der Waals surface area contributed by atoms with Crippen molar-refractivity contribution in [3.8, 4) is 11.5 Å². The van der Waals surface area contributed by atoms with Crippen LogP contribution in [0.2, 0.25) is 0 Å². The summed E-state index contributed by atoms with van der Waals surface area (Å²) in [6.45, 7) is 5.35. The molecule has 0 radical (unpaired) electrons. The smallest absolute Gasteiger partial charge is 0.294 e. The van der Waals surface area contributed by atoms with Gasteiger partial charge in [0.05, 0.1) is 18.7 Å². The molecular formula is C19H28N2O3. The fraction of sp³-hybridized carbons (Fsp3) is 0.526. The minimum atomic E-state index is -0.268. The number of hydrogen-bond acceptors (Lipinski definition) is 4. The topological polar surface area (TPSA) is 77.3 Å². The second-order valence-corrected chi connectivity index (χ2v) is 6.03. The Labute approximate surface area is 143 Å². The first-order chi connectivity index (χ1) is 11.7. The first-order valence-corrected chi connectivity index (χ1v) is 8.88. The fourth-order valence-corrected chi connectivity index (χ4v) is 2.56. The molecule has 0 aliphatic rings. The molecule has 0 aliphatic heterocycles. The number of nitrogen functional groups attached to an aromatic ring is 1. The van der Waals surface area contributed by atoms with Crippen LogP contribution in [0.4, 0.5) is 5.69 Å². The van der Waals surface area contributed by atoms with E-state index in [2.05, 4.69) is 18.8 Å². The summed E-state index contributed by atoms with van der Waals surface area (Å²) >= 11 is 0. The molecule has 2 aromatic rings. The molecule has 0 aliphatic carbocycles. The van der Waals surface area contributed by atoms with Crippen LogP contribution < -0.4 is 20.8 Å². The van der Waals surface area contributed by atoms with E-state index in [4.69, 9.17) is 15.2 Å². The van der Waals surface area contributed by atoms with E-state index in [0.717, 1.165) is 31.1 Å². The summed E-state index contributed by atoms with van der Waals surface area (Å²) in [6.07, 6.45) is 6.34. The van der Waals surface area contributed by atoms with Crippen LogP contribution in [0.15, 0.2) is 23.0 Å². The highest BCUT2D eigenvalue weighted by Gasteiger charge is 2.16. The van der Waals surface area contributed by atoms with E-state index >= 15 is 0 Å². The van der Waals surface area contributed by atoms with Crippen molar-refractivity contribution in [3.05, 3.63) is 28.6 Å². The first-order valence-electron chi connectivity index (χ1n) is 8.88. The van der Waals surface area contributed by atoms with Gasteiger partial charge in [-0.2, -0.15) is 0 Å². The van der Waals surface area contributed by atoms with E-state index in [-0.39, 0.29) is 11.3 Å². The maximum Gasteiger partial charge on any atom is 0.294 e. The minimum Gasteiger partial charge on any atom is -0.489 e. The second-order valence-electron chi connectivity index (χ2n) is 6.03. The minimum absolute atomic E-state index is 0.268. The Hall–Kier alpha value is -2.17. The molecule has 0 bridgehead atoms. The molecule has 0 fully saturated rings.